The Bertz CT molecular complexity index is 562. The zero-order valence-corrected chi connectivity index (χ0v) is 14.1. The van der Waals surface area contributed by atoms with Gasteiger partial charge in [0, 0.05) is 15.5 Å². The summed E-state index contributed by atoms with van der Waals surface area (Å²) in [6.45, 7) is 0.377. The smallest absolute Gasteiger partial charge is 0.241 e. The van der Waals surface area contributed by atoms with Gasteiger partial charge in [-0.3, -0.25) is 0 Å². The lowest BCUT2D eigenvalue weighted by atomic mass is 10.1. The second-order valence-electron chi connectivity index (χ2n) is 4.76. The molecule has 4 nitrogen and oxygen atoms in total. The summed E-state index contributed by atoms with van der Waals surface area (Å²) >= 11 is 6.55. The number of sulfonamides is 1. The van der Waals surface area contributed by atoms with E-state index in [2.05, 4.69) is 36.6 Å². The monoisotopic (exact) mass is 411 g/mol. The summed E-state index contributed by atoms with van der Waals surface area (Å²) in [5.41, 5.74) is 0. The second-order valence-corrected chi connectivity index (χ2v) is 8.26. The molecule has 0 saturated heterocycles. The zero-order chi connectivity index (χ0) is 14.0. The van der Waals surface area contributed by atoms with Crippen LogP contribution >= 0.6 is 31.9 Å². The third-order valence-electron chi connectivity index (χ3n) is 3.26. The molecule has 0 amide bonds. The van der Waals surface area contributed by atoms with Crippen molar-refractivity contribution in [2.24, 2.45) is 5.92 Å². The Morgan fingerprint density at radius 3 is 2.63 bits per heavy atom. The molecule has 0 aromatic heterocycles. The van der Waals surface area contributed by atoms with E-state index in [1.165, 1.54) is 0 Å². The average molecular weight is 413 g/mol. The standard InChI is InChI=1S/C12H15Br2NO3S/c13-9-2-4-12(11(14)6-9)19(17,18)15-7-8-1-3-10(16)5-8/h2,4,6,8,10,15-16H,1,3,5,7H2. The third kappa shape index (κ3) is 4.01. The molecule has 1 saturated carbocycles. The number of benzene rings is 1. The van der Waals surface area contributed by atoms with Gasteiger partial charge in [-0.25, -0.2) is 13.1 Å². The molecular formula is C12H15Br2NO3S. The topological polar surface area (TPSA) is 66.4 Å². The lowest BCUT2D eigenvalue weighted by Gasteiger charge is -2.12. The van der Waals surface area contributed by atoms with Gasteiger partial charge in [-0.15, -0.1) is 0 Å². The van der Waals surface area contributed by atoms with Crippen molar-refractivity contribution in [2.45, 2.75) is 30.3 Å². The first-order valence-corrected chi connectivity index (χ1v) is 9.08. The molecule has 2 atom stereocenters. The van der Waals surface area contributed by atoms with Crippen molar-refractivity contribution in [3.8, 4) is 0 Å². The number of hydrogen-bond acceptors (Lipinski definition) is 3. The van der Waals surface area contributed by atoms with E-state index in [1.807, 2.05) is 0 Å². The highest BCUT2D eigenvalue weighted by Gasteiger charge is 2.25. The predicted molar refractivity (Wildman–Crippen MR) is 80.4 cm³/mol. The molecule has 0 heterocycles. The molecule has 1 aliphatic carbocycles. The molecule has 2 unspecified atom stereocenters. The largest absolute Gasteiger partial charge is 0.393 e. The molecule has 1 aliphatic rings. The van der Waals surface area contributed by atoms with E-state index >= 15 is 0 Å². The molecule has 0 aliphatic heterocycles. The van der Waals surface area contributed by atoms with Crippen LogP contribution in [0.15, 0.2) is 32.0 Å². The maximum absolute atomic E-state index is 12.2. The summed E-state index contributed by atoms with van der Waals surface area (Å²) in [7, 11) is -3.51. The fourth-order valence-electron chi connectivity index (χ4n) is 2.23. The Balaban J connectivity index is 2.06. The lowest BCUT2D eigenvalue weighted by molar-refractivity contribution is 0.178. The summed E-state index contributed by atoms with van der Waals surface area (Å²) in [6.07, 6.45) is 2.01. The van der Waals surface area contributed by atoms with Gasteiger partial charge < -0.3 is 5.11 Å². The van der Waals surface area contributed by atoms with E-state index in [1.54, 1.807) is 18.2 Å². The summed E-state index contributed by atoms with van der Waals surface area (Å²) in [5, 5.41) is 9.43. The minimum Gasteiger partial charge on any atom is -0.393 e. The highest BCUT2D eigenvalue weighted by Crippen LogP contribution is 2.27. The minimum atomic E-state index is -3.51. The van der Waals surface area contributed by atoms with Crippen LogP contribution in [0, 0.1) is 5.92 Å². The molecule has 2 rings (SSSR count). The van der Waals surface area contributed by atoms with Gasteiger partial charge in [-0.05, 0) is 59.3 Å². The first-order chi connectivity index (χ1) is 8.88. The van der Waals surface area contributed by atoms with Crippen LogP contribution in [0.5, 0.6) is 0 Å². The van der Waals surface area contributed by atoms with Crippen LogP contribution < -0.4 is 4.72 Å². The van der Waals surface area contributed by atoms with Crippen molar-refractivity contribution in [2.75, 3.05) is 6.54 Å². The number of rotatable bonds is 4. The molecule has 7 heteroatoms. The van der Waals surface area contributed by atoms with Crippen molar-refractivity contribution < 1.29 is 13.5 Å². The zero-order valence-electron chi connectivity index (χ0n) is 10.1. The van der Waals surface area contributed by atoms with Gasteiger partial charge in [0.2, 0.25) is 10.0 Å². The molecule has 1 aromatic rings. The lowest BCUT2D eigenvalue weighted by Crippen LogP contribution is -2.29. The van der Waals surface area contributed by atoms with Gasteiger partial charge in [-0.2, -0.15) is 0 Å². The highest BCUT2D eigenvalue weighted by molar-refractivity contribution is 9.11. The van der Waals surface area contributed by atoms with Crippen LogP contribution in [-0.2, 0) is 10.0 Å². The quantitative estimate of drug-likeness (QED) is 0.798. The molecule has 2 N–H and O–H groups in total. The molecule has 1 aromatic carbocycles. The van der Waals surface area contributed by atoms with Crippen molar-refractivity contribution in [3.05, 3.63) is 27.1 Å². The molecular weight excluding hydrogens is 398 g/mol. The maximum Gasteiger partial charge on any atom is 0.241 e. The van der Waals surface area contributed by atoms with E-state index in [4.69, 9.17) is 0 Å². The van der Waals surface area contributed by atoms with Crippen LogP contribution in [0.4, 0.5) is 0 Å². The van der Waals surface area contributed by atoms with E-state index in [-0.39, 0.29) is 16.9 Å². The Morgan fingerprint density at radius 1 is 1.32 bits per heavy atom. The summed E-state index contributed by atoms with van der Waals surface area (Å²) in [5.74, 6) is 0.221. The predicted octanol–water partition coefficient (Wildman–Crippen LogP) is 2.65. The van der Waals surface area contributed by atoms with Crippen LogP contribution in [0.25, 0.3) is 0 Å². The SMILES string of the molecule is O=S(=O)(NCC1CCC(O)C1)c1ccc(Br)cc1Br. The number of halogens is 2. The van der Waals surface area contributed by atoms with Gasteiger partial charge in [-0.1, -0.05) is 15.9 Å². The van der Waals surface area contributed by atoms with Crippen molar-refractivity contribution >= 4 is 41.9 Å². The van der Waals surface area contributed by atoms with E-state index in [0.717, 1.165) is 17.3 Å². The Hall–Kier alpha value is 0.0500. The number of aliphatic hydroxyl groups excluding tert-OH is 1. The van der Waals surface area contributed by atoms with E-state index in [9.17, 15) is 13.5 Å². The van der Waals surface area contributed by atoms with Gasteiger partial charge in [0.05, 0.1) is 11.0 Å². The molecule has 0 radical (unpaired) electrons. The summed E-state index contributed by atoms with van der Waals surface area (Å²) in [6, 6.07) is 4.95. The fraction of sp³-hybridized carbons (Fsp3) is 0.500. The van der Waals surface area contributed by atoms with Crippen LogP contribution in [-0.4, -0.2) is 26.2 Å². The van der Waals surface area contributed by atoms with E-state index < -0.39 is 10.0 Å². The normalized spacial score (nSPS) is 23.7. The maximum atomic E-state index is 12.2. The Morgan fingerprint density at radius 2 is 2.05 bits per heavy atom. The second kappa shape index (κ2) is 6.22. The fourth-order valence-corrected chi connectivity index (χ4v) is 5.09. The Kier molecular flexibility index (Phi) is 5.05. The van der Waals surface area contributed by atoms with Crippen LogP contribution in [0.2, 0.25) is 0 Å². The van der Waals surface area contributed by atoms with Crippen molar-refractivity contribution in [3.63, 3.8) is 0 Å². The molecule has 19 heavy (non-hydrogen) atoms. The minimum absolute atomic E-state index is 0.221. The van der Waals surface area contributed by atoms with Crippen LogP contribution in [0.3, 0.4) is 0 Å². The average Bonchev–Trinajstić information content (AvgIpc) is 2.72. The van der Waals surface area contributed by atoms with Crippen molar-refractivity contribution in [1.82, 2.24) is 4.72 Å². The van der Waals surface area contributed by atoms with Gasteiger partial charge in [0.25, 0.3) is 0 Å². The van der Waals surface area contributed by atoms with Crippen LogP contribution in [0.1, 0.15) is 19.3 Å². The third-order valence-corrected chi connectivity index (χ3v) is 6.15. The van der Waals surface area contributed by atoms with E-state index in [0.29, 0.717) is 17.4 Å². The first kappa shape index (κ1) is 15.4. The summed E-state index contributed by atoms with van der Waals surface area (Å²) < 4.78 is 28.3. The molecule has 0 bridgehead atoms. The van der Waals surface area contributed by atoms with Gasteiger partial charge >= 0.3 is 0 Å². The Labute approximate surface area is 129 Å². The summed E-state index contributed by atoms with van der Waals surface area (Å²) in [4.78, 5) is 0.231. The van der Waals surface area contributed by atoms with Gasteiger partial charge in [0.15, 0.2) is 0 Å². The number of hydrogen-bond donors (Lipinski definition) is 2. The first-order valence-electron chi connectivity index (χ1n) is 6.01. The molecule has 1 fully saturated rings. The molecule has 0 spiro atoms. The van der Waals surface area contributed by atoms with Crippen molar-refractivity contribution in [1.29, 1.82) is 0 Å². The van der Waals surface area contributed by atoms with Gasteiger partial charge in [0.1, 0.15) is 0 Å². The number of aliphatic hydroxyl groups is 1. The number of nitrogens with one attached hydrogen (secondary N) is 1. The molecule has 106 valence electrons. The highest BCUT2D eigenvalue weighted by atomic mass is 79.9.